The Labute approximate surface area is 181 Å². The second-order valence-corrected chi connectivity index (χ2v) is 7.54. The Hall–Kier alpha value is -3.98. The van der Waals surface area contributed by atoms with Crippen molar-refractivity contribution in [3.05, 3.63) is 106 Å². The van der Waals surface area contributed by atoms with Crippen molar-refractivity contribution in [2.45, 2.75) is 18.3 Å². The van der Waals surface area contributed by atoms with E-state index in [0.29, 0.717) is 11.1 Å². The van der Waals surface area contributed by atoms with Crippen molar-refractivity contribution in [1.82, 2.24) is 0 Å². The minimum Gasteiger partial charge on any atom is -0.378 e. The molecule has 0 aliphatic heterocycles. The fraction of sp³-hybridized carbons (Fsp3) is 0.200. The quantitative estimate of drug-likeness (QED) is 0.283. The number of carbonyl (C=O) groups excluding carboxylic acids is 1. The van der Waals surface area contributed by atoms with Gasteiger partial charge in [-0.15, -0.1) is 0 Å². The zero-order valence-corrected chi connectivity index (χ0v) is 17.4. The number of ketones is 1. The number of hydrogen-bond donors (Lipinski definition) is 0. The van der Waals surface area contributed by atoms with Crippen molar-refractivity contribution >= 4 is 17.2 Å². The molecule has 2 atom stereocenters. The number of Topliss-reactive ketones (excluding diaryl/α,β-unsaturated/α-hetero) is 1. The first-order valence-electron chi connectivity index (χ1n) is 9.90. The number of anilines is 1. The molecular formula is C25H23N3O3. The summed E-state index contributed by atoms with van der Waals surface area (Å²) in [7, 11) is 3.89. The molecule has 0 saturated carbocycles. The Bertz CT molecular complexity index is 1090. The number of hydrogen-bond acceptors (Lipinski definition) is 5. The van der Waals surface area contributed by atoms with E-state index in [9.17, 15) is 20.2 Å². The van der Waals surface area contributed by atoms with Gasteiger partial charge < -0.3 is 4.90 Å². The highest BCUT2D eigenvalue weighted by Crippen LogP contribution is 2.37. The monoisotopic (exact) mass is 413 g/mol. The third-order valence-corrected chi connectivity index (χ3v) is 5.34. The van der Waals surface area contributed by atoms with Crippen LogP contribution in [-0.4, -0.2) is 24.8 Å². The SMILES string of the molecule is CN(C)c1ccc(C(CC(=O)c2ccccc2)C(C#N)c2ccc([N+](=O)[O-])cc2)cc1. The van der Waals surface area contributed by atoms with Gasteiger partial charge in [-0.1, -0.05) is 54.6 Å². The molecule has 0 N–H and O–H groups in total. The van der Waals surface area contributed by atoms with Crippen LogP contribution >= 0.6 is 0 Å². The number of nitrogens with zero attached hydrogens (tertiary/aromatic N) is 3. The maximum Gasteiger partial charge on any atom is 0.269 e. The van der Waals surface area contributed by atoms with Gasteiger partial charge in [-0.25, -0.2) is 0 Å². The summed E-state index contributed by atoms with van der Waals surface area (Å²) in [5.74, 6) is -1.07. The summed E-state index contributed by atoms with van der Waals surface area (Å²) in [4.78, 5) is 25.5. The smallest absolute Gasteiger partial charge is 0.269 e. The molecule has 0 saturated heterocycles. The average Bonchev–Trinajstić information content (AvgIpc) is 2.79. The van der Waals surface area contributed by atoms with Crippen molar-refractivity contribution < 1.29 is 9.72 Å². The number of nitriles is 1. The molecule has 0 aromatic heterocycles. The van der Waals surface area contributed by atoms with Gasteiger partial charge in [0.1, 0.15) is 0 Å². The molecule has 3 aromatic rings. The Morgan fingerprint density at radius 3 is 2.06 bits per heavy atom. The Kier molecular flexibility index (Phi) is 6.78. The molecule has 0 spiro atoms. The maximum atomic E-state index is 13.0. The van der Waals surface area contributed by atoms with Gasteiger partial charge >= 0.3 is 0 Å². The summed E-state index contributed by atoms with van der Waals surface area (Å²) in [6.07, 6.45) is 0.153. The van der Waals surface area contributed by atoms with E-state index >= 15 is 0 Å². The van der Waals surface area contributed by atoms with Crippen LogP contribution in [-0.2, 0) is 0 Å². The number of rotatable bonds is 8. The summed E-state index contributed by atoms with van der Waals surface area (Å²) in [6, 6.07) is 25.1. The first-order chi connectivity index (χ1) is 14.9. The second kappa shape index (κ2) is 9.68. The van der Waals surface area contributed by atoms with Gasteiger partial charge in [0.05, 0.1) is 16.9 Å². The van der Waals surface area contributed by atoms with Crippen molar-refractivity contribution in [2.75, 3.05) is 19.0 Å². The summed E-state index contributed by atoms with van der Waals surface area (Å²) < 4.78 is 0. The van der Waals surface area contributed by atoms with Crippen LogP contribution in [0.2, 0.25) is 0 Å². The maximum absolute atomic E-state index is 13.0. The first kappa shape index (κ1) is 21.7. The van der Waals surface area contributed by atoms with E-state index in [0.717, 1.165) is 11.3 Å². The molecule has 31 heavy (non-hydrogen) atoms. The molecule has 6 nitrogen and oxygen atoms in total. The zero-order valence-electron chi connectivity index (χ0n) is 17.4. The highest BCUT2D eigenvalue weighted by atomic mass is 16.6. The van der Waals surface area contributed by atoms with Crippen molar-refractivity contribution in [3.63, 3.8) is 0 Å². The van der Waals surface area contributed by atoms with E-state index in [1.807, 2.05) is 61.5 Å². The van der Waals surface area contributed by atoms with Crippen molar-refractivity contribution in [3.8, 4) is 6.07 Å². The molecule has 0 amide bonds. The van der Waals surface area contributed by atoms with Crippen LogP contribution in [0.25, 0.3) is 0 Å². The average molecular weight is 413 g/mol. The van der Waals surface area contributed by atoms with Crippen LogP contribution in [0.15, 0.2) is 78.9 Å². The van der Waals surface area contributed by atoms with Crippen LogP contribution in [0, 0.1) is 21.4 Å². The van der Waals surface area contributed by atoms with Gasteiger partial charge in [0.25, 0.3) is 5.69 Å². The Balaban J connectivity index is 1.99. The molecule has 0 aliphatic carbocycles. The lowest BCUT2D eigenvalue weighted by atomic mass is 9.78. The van der Waals surface area contributed by atoms with Gasteiger partial charge in [0.15, 0.2) is 5.78 Å². The minimum absolute atomic E-state index is 0.0345. The molecular weight excluding hydrogens is 390 g/mol. The molecule has 6 heteroatoms. The minimum atomic E-state index is -0.626. The van der Waals surface area contributed by atoms with Gasteiger partial charge in [-0.05, 0) is 23.3 Å². The topological polar surface area (TPSA) is 87.2 Å². The van der Waals surface area contributed by atoms with E-state index in [1.54, 1.807) is 24.3 Å². The predicted molar refractivity (Wildman–Crippen MR) is 120 cm³/mol. The van der Waals surface area contributed by atoms with Gasteiger partial charge in [-0.3, -0.25) is 14.9 Å². The normalized spacial score (nSPS) is 12.4. The predicted octanol–water partition coefficient (Wildman–Crippen LogP) is 5.32. The number of nitro groups is 1. The number of carbonyl (C=O) groups is 1. The lowest BCUT2D eigenvalue weighted by Gasteiger charge is -2.23. The highest BCUT2D eigenvalue weighted by molar-refractivity contribution is 5.96. The molecule has 0 bridgehead atoms. The standard InChI is InChI=1S/C25H23N3O3/c1-27(2)21-12-8-18(9-13-21)23(16-25(29)20-6-4-3-5-7-20)24(17-26)19-10-14-22(15-11-19)28(30)31/h3-15,23-24H,16H2,1-2H3. The third-order valence-electron chi connectivity index (χ3n) is 5.34. The van der Waals surface area contributed by atoms with Crippen LogP contribution in [0.5, 0.6) is 0 Å². The first-order valence-corrected chi connectivity index (χ1v) is 9.90. The van der Waals surface area contributed by atoms with Gasteiger partial charge in [-0.2, -0.15) is 5.26 Å². The fourth-order valence-electron chi connectivity index (χ4n) is 3.59. The lowest BCUT2D eigenvalue weighted by molar-refractivity contribution is -0.384. The van der Waals surface area contributed by atoms with E-state index in [-0.39, 0.29) is 17.9 Å². The van der Waals surface area contributed by atoms with Crippen molar-refractivity contribution in [1.29, 1.82) is 5.26 Å². The van der Waals surface area contributed by atoms with E-state index in [1.165, 1.54) is 12.1 Å². The molecule has 0 radical (unpaired) electrons. The zero-order chi connectivity index (χ0) is 22.4. The highest BCUT2D eigenvalue weighted by Gasteiger charge is 2.28. The number of benzene rings is 3. The lowest BCUT2D eigenvalue weighted by Crippen LogP contribution is -2.16. The van der Waals surface area contributed by atoms with Gasteiger partial charge in [0, 0.05) is 49.8 Å². The Morgan fingerprint density at radius 1 is 0.968 bits per heavy atom. The fourth-order valence-corrected chi connectivity index (χ4v) is 3.59. The number of non-ortho nitro benzene ring substituents is 1. The largest absolute Gasteiger partial charge is 0.378 e. The molecule has 0 heterocycles. The summed E-state index contributed by atoms with van der Waals surface area (Å²) >= 11 is 0. The molecule has 3 aromatic carbocycles. The van der Waals surface area contributed by atoms with Gasteiger partial charge in [0.2, 0.25) is 0 Å². The summed E-state index contributed by atoms with van der Waals surface area (Å²) in [6.45, 7) is 0. The van der Waals surface area contributed by atoms with Crippen LogP contribution in [0.1, 0.15) is 39.7 Å². The molecule has 156 valence electrons. The van der Waals surface area contributed by atoms with Crippen LogP contribution in [0.3, 0.4) is 0 Å². The van der Waals surface area contributed by atoms with Crippen molar-refractivity contribution in [2.24, 2.45) is 0 Å². The summed E-state index contributed by atoms with van der Waals surface area (Å²) in [5, 5.41) is 21.0. The molecule has 2 unspecified atom stereocenters. The molecule has 0 fully saturated rings. The molecule has 3 rings (SSSR count). The van der Waals surface area contributed by atoms with E-state index in [2.05, 4.69) is 6.07 Å². The van der Waals surface area contributed by atoms with E-state index in [4.69, 9.17) is 0 Å². The second-order valence-electron chi connectivity index (χ2n) is 7.54. The number of nitro benzene ring substituents is 1. The third kappa shape index (κ3) is 5.14. The van der Waals surface area contributed by atoms with Crippen LogP contribution < -0.4 is 4.90 Å². The Morgan fingerprint density at radius 2 is 1.55 bits per heavy atom. The van der Waals surface area contributed by atoms with Crippen LogP contribution in [0.4, 0.5) is 11.4 Å². The summed E-state index contributed by atoms with van der Waals surface area (Å²) in [5.41, 5.74) is 3.10. The molecule has 0 aliphatic rings. The van der Waals surface area contributed by atoms with E-state index < -0.39 is 16.8 Å².